The fourth-order valence-corrected chi connectivity index (χ4v) is 2.31. The molecule has 3 N–H and O–H groups in total. The van der Waals surface area contributed by atoms with E-state index in [4.69, 9.17) is 5.73 Å². The van der Waals surface area contributed by atoms with Gasteiger partial charge in [0.2, 0.25) is 0 Å². The van der Waals surface area contributed by atoms with E-state index in [0.717, 1.165) is 4.47 Å². The van der Waals surface area contributed by atoms with Crippen molar-refractivity contribution >= 4 is 26.7 Å². The third-order valence-corrected chi connectivity index (χ3v) is 3.71. The molecule has 78 valence electrons. The number of rotatable bonds is 4. The van der Waals surface area contributed by atoms with Gasteiger partial charge in [-0.1, -0.05) is 15.9 Å². The highest BCUT2D eigenvalue weighted by Crippen LogP contribution is 2.13. The Bertz CT molecular complexity index is 315. The minimum absolute atomic E-state index is 0.141. The molecule has 3 nitrogen and oxygen atoms in total. The first-order chi connectivity index (χ1) is 6.63. The van der Waals surface area contributed by atoms with Gasteiger partial charge >= 0.3 is 0 Å². The molecule has 0 fully saturated rings. The smallest absolute Gasteiger partial charge is 0.0781 e. The molecule has 0 aromatic heterocycles. The van der Waals surface area contributed by atoms with Crippen molar-refractivity contribution in [3.63, 3.8) is 0 Å². The fraction of sp³-hybridized carbons (Fsp3) is 0.333. The molecule has 5 heteroatoms. The van der Waals surface area contributed by atoms with Gasteiger partial charge in [-0.25, -0.2) is 0 Å². The van der Waals surface area contributed by atoms with E-state index in [1.165, 1.54) is 0 Å². The molecule has 0 aliphatic carbocycles. The lowest BCUT2D eigenvalue weighted by molar-refractivity contribution is 0.207. The van der Waals surface area contributed by atoms with Crippen molar-refractivity contribution in [2.24, 2.45) is 5.73 Å². The standard InChI is InChI=1S/C9H12BrNO2S/c10-7-1-3-9(4-2-7)14(13)6-8(12)5-11/h1-4,8,12H,5-6,11H2. The van der Waals surface area contributed by atoms with Crippen LogP contribution in [0.2, 0.25) is 0 Å². The summed E-state index contributed by atoms with van der Waals surface area (Å²) < 4.78 is 12.5. The first kappa shape index (κ1) is 11.8. The second-order valence-electron chi connectivity index (χ2n) is 2.86. The first-order valence-electron chi connectivity index (χ1n) is 4.15. The van der Waals surface area contributed by atoms with Crippen molar-refractivity contribution in [1.29, 1.82) is 0 Å². The second-order valence-corrected chi connectivity index (χ2v) is 5.27. The zero-order valence-electron chi connectivity index (χ0n) is 7.52. The molecule has 2 unspecified atom stereocenters. The van der Waals surface area contributed by atoms with Crippen LogP contribution < -0.4 is 5.73 Å². The van der Waals surface area contributed by atoms with Crippen molar-refractivity contribution in [3.8, 4) is 0 Å². The molecule has 1 rings (SSSR count). The van der Waals surface area contributed by atoms with E-state index >= 15 is 0 Å². The van der Waals surface area contributed by atoms with Gasteiger partial charge in [-0.3, -0.25) is 4.21 Å². The zero-order chi connectivity index (χ0) is 10.6. The molecular formula is C9H12BrNO2S. The average Bonchev–Trinajstić information content (AvgIpc) is 2.18. The summed E-state index contributed by atoms with van der Waals surface area (Å²) in [5, 5.41) is 9.22. The van der Waals surface area contributed by atoms with Crippen LogP contribution in [0.15, 0.2) is 33.6 Å². The predicted octanol–water partition coefficient (Wildman–Crippen LogP) is 0.876. The molecule has 0 aliphatic rings. The van der Waals surface area contributed by atoms with E-state index in [9.17, 15) is 9.32 Å². The van der Waals surface area contributed by atoms with E-state index in [1.54, 1.807) is 12.1 Å². The SMILES string of the molecule is NCC(O)CS(=O)c1ccc(Br)cc1. The number of benzene rings is 1. The van der Waals surface area contributed by atoms with Gasteiger partial charge < -0.3 is 10.8 Å². The molecule has 1 aromatic carbocycles. The number of hydrogen-bond acceptors (Lipinski definition) is 3. The first-order valence-corrected chi connectivity index (χ1v) is 6.26. The Hall–Kier alpha value is -0.230. The highest BCUT2D eigenvalue weighted by atomic mass is 79.9. The molecule has 0 amide bonds. The maximum absolute atomic E-state index is 11.6. The number of aliphatic hydroxyl groups excluding tert-OH is 1. The average molecular weight is 278 g/mol. The lowest BCUT2D eigenvalue weighted by Crippen LogP contribution is -2.25. The largest absolute Gasteiger partial charge is 0.391 e. The van der Waals surface area contributed by atoms with Crippen molar-refractivity contribution in [3.05, 3.63) is 28.7 Å². The van der Waals surface area contributed by atoms with Crippen LogP contribution in [0.1, 0.15) is 0 Å². The highest BCUT2D eigenvalue weighted by Gasteiger charge is 2.09. The van der Waals surface area contributed by atoms with Crippen LogP contribution in [0.4, 0.5) is 0 Å². The van der Waals surface area contributed by atoms with Crippen LogP contribution in [-0.2, 0) is 10.8 Å². The summed E-state index contributed by atoms with van der Waals surface area (Å²) in [6.07, 6.45) is -0.695. The minimum atomic E-state index is -1.17. The van der Waals surface area contributed by atoms with Gasteiger partial charge in [-0.05, 0) is 24.3 Å². The summed E-state index contributed by atoms with van der Waals surface area (Å²) in [5.41, 5.74) is 5.23. The van der Waals surface area contributed by atoms with Crippen molar-refractivity contribution in [2.45, 2.75) is 11.0 Å². The fourth-order valence-electron chi connectivity index (χ4n) is 0.925. The highest BCUT2D eigenvalue weighted by molar-refractivity contribution is 9.10. The maximum Gasteiger partial charge on any atom is 0.0781 e. The van der Waals surface area contributed by atoms with Gasteiger partial charge in [0, 0.05) is 15.9 Å². The Morgan fingerprint density at radius 3 is 2.50 bits per heavy atom. The van der Waals surface area contributed by atoms with E-state index in [2.05, 4.69) is 15.9 Å². The summed E-state index contributed by atoms with van der Waals surface area (Å²) in [5.74, 6) is 0.193. The van der Waals surface area contributed by atoms with Gasteiger partial charge in [-0.2, -0.15) is 0 Å². The summed E-state index contributed by atoms with van der Waals surface area (Å²) in [7, 11) is -1.17. The quantitative estimate of drug-likeness (QED) is 0.859. The minimum Gasteiger partial charge on any atom is -0.391 e. The van der Waals surface area contributed by atoms with Crippen LogP contribution in [0.25, 0.3) is 0 Å². The number of halogens is 1. The lowest BCUT2D eigenvalue weighted by Gasteiger charge is -2.07. The molecule has 0 bridgehead atoms. The molecule has 0 saturated heterocycles. The Morgan fingerprint density at radius 2 is 2.00 bits per heavy atom. The van der Waals surface area contributed by atoms with Gasteiger partial charge in [-0.15, -0.1) is 0 Å². The van der Waals surface area contributed by atoms with Gasteiger partial charge in [0.05, 0.1) is 22.7 Å². The van der Waals surface area contributed by atoms with E-state index in [0.29, 0.717) is 4.90 Å². The third-order valence-electron chi connectivity index (χ3n) is 1.69. The molecule has 0 spiro atoms. The molecule has 1 aromatic rings. The van der Waals surface area contributed by atoms with E-state index < -0.39 is 16.9 Å². The van der Waals surface area contributed by atoms with E-state index in [-0.39, 0.29) is 12.3 Å². The Labute approximate surface area is 93.9 Å². The van der Waals surface area contributed by atoms with Gasteiger partial charge in [0.1, 0.15) is 0 Å². The number of hydrogen-bond donors (Lipinski definition) is 2. The Balaban J connectivity index is 2.65. The van der Waals surface area contributed by atoms with Crippen LogP contribution in [0.3, 0.4) is 0 Å². The van der Waals surface area contributed by atoms with Crippen molar-refractivity contribution in [2.75, 3.05) is 12.3 Å². The third kappa shape index (κ3) is 3.49. The summed E-state index contributed by atoms with van der Waals surface area (Å²) in [6.45, 7) is 0.141. The second kappa shape index (κ2) is 5.60. The van der Waals surface area contributed by atoms with Crippen molar-refractivity contribution in [1.82, 2.24) is 0 Å². The summed E-state index contributed by atoms with van der Waals surface area (Å²) in [6, 6.07) is 7.18. The number of nitrogens with two attached hydrogens (primary N) is 1. The van der Waals surface area contributed by atoms with Gasteiger partial charge in [0.25, 0.3) is 0 Å². The lowest BCUT2D eigenvalue weighted by atomic mass is 10.4. The molecule has 0 saturated carbocycles. The van der Waals surface area contributed by atoms with Gasteiger partial charge in [0.15, 0.2) is 0 Å². The van der Waals surface area contributed by atoms with Crippen molar-refractivity contribution < 1.29 is 9.32 Å². The zero-order valence-corrected chi connectivity index (χ0v) is 9.92. The Kier molecular flexibility index (Phi) is 4.74. The monoisotopic (exact) mass is 277 g/mol. The predicted molar refractivity (Wildman–Crippen MR) is 60.5 cm³/mol. The summed E-state index contributed by atoms with van der Waals surface area (Å²) in [4.78, 5) is 0.709. The Morgan fingerprint density at radius 1 is 1.43 bits per heavy atom. The van der Waals surface area contributed by atoms with Crippen LogP contribution in [-0.4, -0.2) is 27.7 Å². The van der Waals surface area contributed by atoms with E-state index in [1.807, 2.05) is 12.1 Å². The van der Waals surface area contributed by atoms with Crippen LogP contribution >= 0.6 is 15.9 Å². The molecule has 14 heavy (non-hydrogen) atoms. The topological polar surface area (TPSA) is 63.3 Å². The molecular weight excluding hydrogens is 266 g/mol. The van der Waals surface area contributed by atoms with Crippen LogP contribution in [0.5, 0.6) is 0 Å². The number of aliphatic hydroxyl groups is 1. The summed E-state index contributed by atoms with van der Waals surface area (Å²) >= 11 is 3.29. The molecule has 0 aliphatic heterocycles. The molecule has 0 heterocycles. The molecule has 0 radical (unpaired) electrons. The molecule has 2 atom stereocenters. The normalized spacial score (nSPS) is 15.1. The van der Waals surface area contributed by atoms with Crippen LogP contribution in [0, 0.1) is 0 Å². The maximum atomic E-state index is 11.6.